The van der Waals surface area contributed by atoms with E-state index in [9.17, 15) is 18.7 Å². The molecule has 0 heterocycles. The Morgan fingerprint density at radius 2 is 2.17 bits per heavy atom. The van der Waals surface area contributed by atoms with E-state index in [0.717, 1.165) is 12.1 Å². The molecule has 0 aliphatic heterocycles. The van der Waals surface area contributed by atoms with Crippen molar-refractivity contribution in [1.82, 2.24) is 5.32 Å². The summed E-state index contributed by atoms with van der Waals surface area (Å²) < 4.78 is 25.9. The number of rotatable bonds is 6. The summed E-state index contributed by atoms with van der Waals surface area (Å²) in [5.41, 5.74) is 0.157. The Morgan fingerprint density at radius 1 is 1.44 bits per heavy atom. The van der Waals surface area contributed by atoms with Crippen LogP contribution in [0, 0.1) is 11.6 Å². The molecule has 5 heteroatoms. The average molecular weight is 257 g/mol. The number of amides is 1. The number of aliphatic hydroxyl groups is 1. The normalized spacial score (nSPS) is 12.2. The topological polar surface area (TPSA) is 49.3 Å². The SMILES string of the molecule is CCC(O)CCNC(=O)Cc1ccc(F)cc1F. The standard InChI is InChI=1S/C13H17F2NO2/c1-2-11(17)5-6-16-13(18)7-9-3-4-10(14)8-12(9)15/h3-4,8,11,17H,2,5-7H2,1H3,(H,16,18). The van der Waals surface area contributed by atoms with Gasteiger partial charge in [0.2, 0.25) is 5.91 Å². The molecule has 0 saturated carbocycles. The molecule has 1 unspecified atom stereocenters. The summed E-state index contributed by atoms with van der Waals surface area (Å²) in [5.74, 6) is -1.73. The van der Waals surface area contributed by atoms with E-state index in [1.54, 1.807) is 0 Å². The molecule has 1 rings (SSSR count). The van der Waals surface area contributed by atoms with Gasteiger partial charge in [-0.15, -0.1) is 0 Å². The fourth-order valence-corrected chi connectivity index (χ4v) is 1.48. The molecule has 0 radical (unpaired) electrons. The smallest absolute Gasteiger partial charge is 0.224 e. The lowest BCUT2D eigenvalue weighted by molar-refractivity contribution is -0.120. The molecule has 0 aliphatic rings. The predicted molar refractivity (Wildman–Crippen MR) is 64.0 cm³/mol. The van der Waals surface area contributed by atoms with Crippen molar-refractivity contribution >= 4 is 5.91 Å². The highest BCUT2D eigenvalue weighted by atomic mass is 19.1. The molecular weight excluding hydrogens is 240 g/mol. The van der Waals surface area contributed by atoms with Crippen LogP contribution in [0.15, 0.2) is 18.2 Å². The van der Waals surface area contributed by atoms with Crippen molar-refractivity contribution in [1.29, 1.82) is 0 Å². The maximum absolute atomic E-state index is 13.3. The lowest BCUT2D eigenvalue weighted by Crippen LogP contribution is -2.28. The van der Waals surface area contributed by atoms with Gasteiger partial charge in [0.05, 0.1) is 12.5 Å². The van der Waals surface area contributed by atoms with Gasteiger partial charge in [-0.3, -0.25) is 4.79 Å². The van der Waals surface area contributed by atoms with E-state index in [0.29, 0.717) is 19.4 Å². The van der Waals surface area contributed by atoms with Crippen LogP contribution in [-0.4, -0.2) is 23.7 Å². The second-order valence-electron chi connectivity index (χ2n) is 4.11. The summed E-state index contributed by atoms with van der Waals surface area (Å²) >= 11 is 0. The number of benzene rings is 1. The maximum atomic E-state index is 13.3. The number of aliphatic hydroxyl groups excluding tert-OH is 1. The number of halogens is 2. The molecule has 0 bridgehead atoms. The third-order valence-electron chi connectivity index (χ3n) is 2.64. The lowest BCUT2D eigenvalue weighted by Gasteiger charge is -2.09. The van der Waals surface area contributed by atoms with Gasteiger partial charge in [0.1, 0.15) is 11.6 Å². The number of carbonyl (C=O) groups excluding carboxylic acids is 1. The van der Waals surface area contributed by atoms with E-state index in [2.05, 4.69) is 5.32 Å². The van der Waals surface area contributed by atoms with E-state index in [1.807, 2.05) is 6.92 Å². The molecule has 0 spiro atoms. The van der Waals surface area contributed by atoms with Crippen LogP contribution < -0.4 is 5.32 Å². The number of carbonyl (C=O) groups is 1. The van der Waals surface area contributed by atoms with Crippen molar-refractivity contribution < 1.29 is 18.7 Å². The fourth-order valence-electron chi connectivity index (χ4n) is 1.48. The summed E-state index contributed by atoms with van der Waals surface area (Å²) in [4.78, 5) is 11.5. The van der Waals surface area contributed by atoms with Crippen LogP contribution in [0.25, 0.3) is 0 Å². The average Bonchev–Trinajstić information content (AvgIpc) is 2.32. The van der Waals surface area contributed by atoms with E-state index >= 15 is 0 Å². The molecule has 18 heavy (non-hydrogen) atoms. The zero-order valence-electron chi connectivity index (χ0n) is 10.2. The zero-order chi connectivity index (χ0) is 13.5. The van der Waals surface area contributed by atoms with Crippen molar-refractivity contribution in [3.63, 3.8) is 0 Å². The van der Waals surface area contributed by atoms with E-state index < -0.39 is 17.7 Å². The monoisotopic (exact) mass is 257 g/mol. The Labute approximate surface area is 105 Å². The Bertz CT molecular complexity index is 410. The molecule has 100 valence electrons. The third-order valence-corrected chi connectivity index (χ3v) is 2.64. The summed E-state index contributed by atoms with van der Waals surface area (Å²) in [7, 11) is 0. The molecule has 0 fully saturated rings. The minimum Gasteiger partial charge on any atom is -0.393 e. The van der Waals surface area contributed by atoms with Gasteiger partial charge in [-0.25, -0.2) is 8.78 Å². The van der Waals surface area contributed by atoms with Gasteiger partial charge in [-0.2, -0.15) is 0 Å². The van der Waals surface area contributed by atoms with Crippen LogP contribution in [0.2, 0.25) is 0 Å². The van der Waals surface area contributed by atoms with Crippen LogP contribution >= 0.6 is 0 Å². The first-order valence-corrected chi connectivity index (χ1v) is 5.91. The van der Waals surface area contributed by atoms with Gasteiger partial charge >= 0.3 is 0 Å². The first-order valence-electron chi connectivity index (χ1n) is 5.91. The fraction of sp³-hybridized carbons (Fsp3) is 0.462. The summed E-state index contributed by atoms with van der Waals surface area (Å²) in [5, 5.41) is 11.9. The molecule has 1 atom stereocenters. The molecule has 0 aliphatic carbocycles. The minimum atomic E-state index is -0.723. The predicted octanol–water partition coefficient (Wildman–Crippen LogP) is 1.78. The largest absolute Gasteiger partial charge is 0.393 e. The number of hydrogen-bond acceptors (Lipinski definition) is 2. The maximum Gasteiger partial charge on any atom is 0.224 e. The van der Waals surface area contributed by atoms with Gasteiger partial charge in [0, 0.05) is 12.6 Å². The molecular formula is C13H17F2NO2. The minimum absolute atomic E-state index is 0.131. The highest BCUT2D eigenvalue weighted by Crippen LogP contribution is 2.10. The molecule has 1 aromatic carbocycles. The molecule has 2 N–H and O–H groups in total. The Kier molecular flexibility index (Phi) is 5.71. The van der Waals surface area contributed by atoms with Crippen LogP contribution in [0.3, 0.4) is 0 Å². The van der Waals surface area contributed by atoms with Crippen LogP contribution in [-0.2, 0) is 11.2 Å². The van der Waals surface area contributed by atoms with Gasteiger partial charge in [0.15, 0.2) is 0 Å². The highest BCUT2D eigenvalue weighted by Gasteiger charge is 2.09. The van der Waals surface area contributed by atoms with Gasteiger partial charge < -0.3 is 10.4 Å². The molecule has 1 amide bonds. The first kappa shape index (κ1) is 14.6. The molecule has 0 saturated heterocycles. The second kappa shape index (κ2) is 7.06. The number of hydrogen-bond donors (Lipinski definition) is 2. The highest BCUT2D eigenvalue weighted by molar-refractivity contribution is 5.78. The van der Waals surface area contributed by atoms with Crippen LogP contribution in [0.5, 0.6) is 0 Å². The number of nitrogens with one attached hydrogen (secondary N) is 1. The summed E-state index contributed by atoms with van der Waals surface area (Å²) in [6.45, 7) is 2.19. The quantitative estimate of drug-likeness (QED) is 0.816. The molecule has 0 aromatic heterocycles. The summed E-state index contributed by atoms with van der Waals surface area (Å²) in [6, 6.07) is 3.13. The Morgan fingerprint density at radius 3 is 2.78 bits per heavy atom. The molecule has 1 aromatic rings. The van der Waals surface area contributed by atoms with Gasteiger partial charge in [0.25, 0.3) is 0 Å². The van der Waals surface area contributed by atoms with E-state index in [-0.39, 0.29) is 17.9 Å². The second-order valence-corrected chi connectivity index (χ2v) is 4.11. The van der Waals surface area contributed by atoms with Gasteiger partial charge in [-0.05, 0) is 24.5 Å². The lowest BCUT2D eigenvalue weighted by atomic mass is 10.1. The van der Waals surface area contributed by atoms with Crippen molar-refractivity contribution in [2.24, 2.45) is 0 Å². The first-order chi connectivity index (χ1) is 8.52. The van der Waals surface area contributed by atoms with Crippen molar-refractivity contribution in [2.45, 2.75) is 32.3 Å². The van der Waals surface area contributed by atoms with Crippen molar-refractivity contribution in [3.8, 4) is 0 Å². The van der Waals surface area contributed by atoms with Crippen molar-refractivity contribution in [3.05, 3.63) is 35.4 Å². The molecule has 3 nitrogen and oxygen atoms in total. The van der Waals surface area contributed by atoms with E-state index in [4.69, 9.17) is 0 Å². The summed E-state index contributed by atoms with van der Waals surface area (Å²) in [6.07, 6.45) is 0.526. The van der Waals surface area contributed by atoms with Gasteiger partial charge in [-0.1, -0.05) is 13.0 Å². The third kappa shape index (κ3) is 4.79. The van der Waals surface area contributed by atoms with Crippen LogP contribution in [0.1, 0.15) is 25.3 Å². The Hall–Kier alpha value is -1.49. The van der Waals surface area contributed by atoms with E-state index in [1.165, 1.54) is 6.07 Å². The Balaban J connectivity index is 2.40. The van der Waals surface area contributed by atoms with Crippen LogP contribution in [0.4, 0.5) is 8.78 Å². The van der Waals surface area contributed by atoms with Crippen molar-refractivity contribution in [2.75, 3.05) is 6.54 Å². The zero-order valence-corrected chi connectivity index (χ0v) is 10.2.